The van der Waals surface area contributed by atoms with Gasteiger partial charge in [0, 0.05) is 25.5 Å². The van der Waals surface area contributed by atoms with Gasteiger partial charge in [0.1, 0.15) is 6.61 Å². The molecule has 112 valence electrons. The minimum absolute atomic E-state index is 0.0857. The van der Waals surface area contributed by atoms with Crippen LogP contribution in [0.15, 0.2) is 18.5 Å². The number of carbonyl (C=O) groups is 1. The third-order valence-corrected chi connectivity index (χ3v) is 2.54. The number of unbranched alkanes of at least 4 members (excludes halogenated alkanes) is 2. The lowest BCUT2D eigenvalue weighted by Gasteiger charge is -2.06. The van der Waals surface area contributed by atoms with Crippen molar-refractivity contribution >= 4 is 5.91 Å². The summed E-state index contributed by atoms with van der Waals surface area (Å²) < 4.78 is 10.6. The second-order valence-electron chi connectivity index (χ2n) is 4.34. The van der Waals surface area contributed by atoms with Gasteiger partial charge in [-0.25, -0.2) is 9.97 Å². The van der Waals surface area contributed by atoms with Crippen LogP contribution in [0.4, 0.5) is 0 Å². The van der Waals surface area contributed by atoms with Gasteiger partial charge in [-0.3, -0.25) is 4.79 Å². The summed E-state index contributed by atoms with van der Waals surface area (Å²) in [5.41, 5.74) is 0. The zero-order valence-corrected chi connectivity index (χ0v) is 12.0. The molecule has 0 aliphatic carbocycles. The molecule has 1 heterocycles. The number of amides is 1. The highest BCUT2D eigenvalue weighted by molar-refractivity contribution is 5.77. The molecule has 0 spiro atoms. The van der Waals surface area contributed by atoms with Crippen LogP contribution in [-0.4, -0.2) is 42.2 Å². The molecular formula is C14H23N3O3. The fourth-order valence-corrected chi connectivity index (χ4v) is 1.49. The molecule has 1 aromatic rings. The van der Waals surface area contributed by atoms with Gasteiger partial charge in [-0.15, -0.1) is 0 Å². The second kappa shape index (κ2) is 11.2. The highest BCUT2D eigenvalue weighted by atomic mass is 16.5. The smallest absolute Gasteiger partial charge is 0.316 e. The number of nitrogens with zero attached hydrogens (tertiary/aromatic N) is 2. The summed E-state index contributed by atoms with van der Waals surface area (Å²) in [5, 5.41) is 2.78. The van der Waals surface area contributed by atoms with E-state index in [1.807, 2.05) is 0 Å². The van der Waals surface area contributed by atoms with Crippen LogP contribution < -0.4 is 10.1 Å². The van der Waals surface area contributed by atoms with Crippen molar-refractivity contribution in [3.8, 4) is 6.01 Å². The maximum absolute atomic E-state index is 11.4. The number of ether oxygens (including phenoxy) is 2. The Morgan fingerprint density at radius 1 is 1.20 bits per heavy atom. The van der Waals surface area contributed by atoms with E-state index in [4.69, 9.17) is 9.47 Å². The molecule has 0 saturated heterocycles. The van der Waals surface area contributed by atoms with Gasteiger partial charge in [-0.2, -0.15) is 0 Å². The Morgan fingerprint density at radius 2 is 2.00 bits per heavy atom. The van der Waals surface area contributed by atoms with E-state index in [0.29, 0.717) is 32.2 Å². The SMILES string of the molecule is CCCCCOCC(=O)NCCCOc1ncccn1. The molecule has 0 saturated carbocycles. The van der Waals surface area contributed by atoms with Gasteiger partial charge in [0.25, 0.3) is 0 Å². The number of rotatable bonds is 11. The van der Waals surface area contributed by atoms with Crippen molar-refractivity contribution < 1.29 is 14.3 Å². The lowest BCUT2D eigenvalue weighted by Crippen LogP contribution is -2.29. The molecule has 0 aliphatic rings. The molecular weight excluding hydrogens is 258 g/mol. The lowest BCUT2D eigenvalue weighted by molar-refractivity contribution is -0.125. The van der Waals surface area contributed by atoms with E-state index in [-0.39, 0.29) is 12.5 Å². The molecule has 0 unspecified atom stereocenters. The Kier molecular flexibility index (Phi) is 9.13. The summed E-state index contributed by atoms with van der Waals surface area (Å²) in [4.78, 5) is 19.3. The average Bonchev–Trinajstić information content (AvgIpc) is 2.48. The highest BCUT2D eigenvalue weighted by Crippen LogP contribution is 1.97. The highest BCUT2D eigenvalue weighted by Gasteiger charge is 2.01. The quantitative estimate of drug-likeness (QED) is 0.623. The first kappa shape index (κ1) is 16.4. The predicted octanol–water partition coefficient (Wildman–Crippen LogP) is 1.57. The van der Waals surface area contributed by atoms with E-state index in [9.17, 15) is 4.79 Å². The second-order valence-corrected chi connectivity index (χ2v) is 4.34. The van der Waals surface area contributed by atoms with E-state index in [1.54, 1.807) is 18.5 Å². The largest absolute Gasteiger partial charge is 0.463 e. The third kappa shape index (κ3) is 8.42. The van der Waals surface area contributed by atoms with Gasteiger partial charge in [0.05, 0.1) is 6.61 Å². The monoisotopic (exact) mass is 281 g/mol. The summed E-state index contributed by atoms with van der Waals surface area (Å²) in [7, 11) is 0. The first-order chi connectivity index (χ1) is 9.83. The minimum Gasteiger partial charge on any atom is -0.463 e. The van der Waals surface area contributed by atoms with Crippen LogP contribution in [0.1, 0.15) is 32.6 Å². The molecule has 0 aromatic carbocycles. The summed E-state index contributed by atoms with van der Waals surface area (Å²) >= 11 is 0. The van der Waals surface area contributed by atoms with Crippen LogP contribution in [0.2, 0.25) is 0 Å². The molecule has 1 amide bonds. The molecule has 0 radical (unpaired) electrons. The van der Waals surface area contributed by atoms with Crippen LogP contribution >= 0.6 is 0 Å². The van der Waals surface area contributed by atoms with Gasteiger partial charge in [0.2, 0.25) is 5.91 Å². The number of hydrogen-bond donors (Lipinski definition) is 1. The van der Waals surface area contributed by atoms with E-state index >= 15 is 0 Å². The van der Waals surface area contributed by atoms with Crippen LogP contribution in [0, 0.1) is 0 Å². The fraction of sp³-hybridized carbons (Fsp3) is 0.643. The number of nitrogens with one attached hydrogen (secondary N) is 1. The predicted molar refractivity (Wildman–Crippen MR) is 75.5 cm³/mol. The summed E-state index contributed by atoms with van der Waals surface area (Å²) in [6, 6.07) is 2.09. The Labute approximate surface area is 119 Å². The molecule has 20 heavy (non-hydrogen) atoms. The van der Waals surface area contributed by atoms with Gasteiger partial charge in [-0.05, 0) is 18.9 Å². The van der Waals surface area contributed by atoms with Gasteiger partial charge < -0.3 is 14.8 Å². The number of carbonyl (C=O) groups excluding carboxylic acids is 1. The minimum atomic E-state index is -0.0857. The van der Waals surface area contributed by atoms with Crippen molar-refractivity contribution in [3.63, 3.8) is 0 Å². The molecule has 0 atom stereocenters. The maximum atomic E-state index is 11.4. The summed E-state index contributed by atoms with van der Waals surface area (Å²) in [6.07, 6.45) is 7.26. The molecule has 1 aromatic heterocycles. The van der Waals surface area contributed by atoms with Gasteiger partial charge in [-0.1, -0.05) is 19.8 Å². The molecule has 0 fully saturated rings. The molecule has 6 nitrogen and oxygen atoms in total. The van der Waals surface area contributed by atoms with Crippen LogP contribution in [0.25, 0.3) is 0 Å². The lowest BCUT2D eigenvalue weighted by atomic mass is 10.3. The van der Waals surface area contributed by atoms with Gasteiger partial charge in [0.15, 0.2) is 0 Å². The Morgan fingerprint density at radius 3 is 2.75 bits per heavy atom. The third-order valence-electron chi connectivity index (χ3n) is 2.54. The van der Waals surface area contributed by atoms with E-state index in [1.165, 1.54) is 0 Å². The number of aromatic nitrogens is 2. The summed E-state index contributed by atoms with van der Waals surface area (Å²) in [6.45, 7) is 3.95. The molecule has 6 heteroatoms. The number of hydrogen-bond acceptors (Lipinski definition) is 5. The molecule has 0 bridgehead atoms. The molecule has 1 N–H and O–H groups in total. The van der Waals surface area contributed by atoms with E-state index < -0.39 is 0 Å². The molecule has 0 aliphatic heterocycles. The zero-order valence-electron chi connectivity index (χ0n) is 12.0. The van der Waals surface area contributed by atoms with Crippen LogP contribution in [-0.2, 0) is 9.53 Å². The van der Waals surface area contributed by atoms with Crippen LogP contribution in [0.5, 0.6) is 6.01 Å². The van der Waals surface area contributed by atoms with E-state index in [2.05, 4.69) is 22.2 Å². The zero-order chi connectivity index (χ0) is 14.5. The van der Waals surface area contributed by atoms with Crippen molar-refractivity contribution in [2.75, 3.05) is 26.4 Å². The first-order valence-electron chi connectivity index (χ1n) is 7.07. The van der Waals surface area contributed by atoms with Crippen LogP contribution in [0.3, 0.4) is 0 Å². The van der Waals surface area contributed by atoms with Crippen molar-refractivity contribution in [1.82, 2.24) is 15.3 Å². The first-order valence-corrected chi connectivity index (χ1v) is 7.07. The van der Waals surface area contributed by atoms with E-state index in [0.717, 1.165) is 19.3 Å². The molecule has 1 rings (SSSR count). The Hall–Kier alpha value is -1.69. The topological polar surface area (TPSA) is 73.3 Å². The fourth-order valence-electron chi connectivity index (χ4n) is 1.49. The van der Waals surface area contributed by atoms with Crippen molar-refractivity contribution in [2.24, 2.45) is 0 Å². The van der Waals surface area contributed by atoms with Gasteiger partial charge >= 0.3 is 6.01 Å². The summed E-state index contributed by atoms with van der Waals surface area (Å²) in [5.74, 6) is -0.0857. The van der Waals surface area contributed by atoms with Crippen molar-refractivity contribution in [2.45, 2.75) is 32.6 Å². The Balaban J connectivity index is 1.91. The normalized spacial score (nSPS) is 10.2. The average molecular weight is 281 g/mol. The maximum Gasteiger partial charge on any atom is 0.316 e. The standard InChI is InChI=1S/C14H23N3O3/c1-2-3-4-10-19-12-13(18)15-9-6-11-20-14-16-7-5-8-17-14/h5,7-8H,2-4,6,9-12H2,1H3,(H,15,18). The van der Waals surface area contributed by atoms with Crippen molar-refractivity contribution in [1.29, 1.82) is 0 Å². The Bertz CT molecular complexity index is 360. The van der Waals surface area contributed by atoms with Crippen molar-refractivity contribution in [3.05, 3.63) is 18.5 Å².